The summed E-state index contributed by atoms with van der Waals surface area (Å²) in [7, 11) is 0. The summed E-state index contributed by atoms with van der Waals surface area (Å²) in [5.41, 5.74) is 1.92. The van der Waals surface area contributed by atoms with Gasteiger partial charge in [0, 0.05) is 23.3 Å². The van der Waals surface area contributed by atoms with Crippen LogP contribution in [0.5, 0.6) is 0 Å². The van der Waals surface area contributed by atoms with E-state index in [9.17, 15) is 19.5 Å². The van der Waals surface area contributed by atoms with E-state index >= 15 is 0 Å². The Morgan fingerprint density at radius 3 is 2.32 bits per heavy atom. The molecule has 134 valence electrons. The monoisotopic (exact) mass is 361 g/mol. The minimum absolute atomic E-state index is 0.109. The maximum absolute atomic E-state index is 13.1. The molecule has 5 nitrogen and oxygen atoms in total. The van der Waals surface area contributed by atoms with Crippen LogP contribution in [-0.4, -0.2) is 45.8 Å². The number of ketones is 1. The molecule has 1 amide bonds. The van der Waals surface area contributed by atoms with E-state index in [2.05, 4.69) is 0 Å². The van der Waals surface area contributed by atoms with Crippen molar-refractivity contribution in [1.82, 2.24) is 4.90 Å². The van der Waals surface area contributed by atoms with Crippen molar-refractivity contribution in [1.29, 1.82) is 0 Å². The fourth-order valence-corrected chi connectivity index (χ4v) is 3.87. The summed E-state index contributed by atoms with van der Waals surface area (Å²) in [5.74, 6) is -1.50. The minimum atomic E-state index is -1.11. The number of hydrogen-bond acceptors (Lipinski definition) is 4. The van der Waals surface area contributed by atoms with Gasteiger partial charge in [-0.1, -0.05) is 43.7 Å². The highest BCUT2D eigenvalue weighted by molar-refractivity contribution is 7.99. The summed E-state index contributed by atoms with van der Waals surface area (Å²) in [5, 5.41) is 8.76. The first-order chi connectivity index (χ1) is 11.8. The van der Waals surface area contributed by atoms with Gasteiger partial charge in [0.25, 0.3) is 5.91 Å². The quantitative estimate of drug-likeness (QED) is 0.755. The average molecular weight is 361 g/mol. The van der Waals surface area contributed by atoms with Crippen LogP contribution < -0.4 is 0 Å². The lowest BCUT2D eigenvalue weighted by molar-refractivity contribution is -0.137. The van der Waals surface area contributed by atoms with Gasteiger partial charge in [0.05, 0.1) is 6.42 Å². The maximum Gasteiger partial charge on any atom is 0.308 e. The van der Waals surface area contributed by atoms with E-state index in [4.69, 9.17) is 0 Å². The Morgan fingerprint density at radius 1 is 1.24 bits per heavy atom. The second kappa shape index (κ2) is 7.87. The molecule has 0 aromatic heterocycles. The number of benzene rings is 1. The van der Waals surface area contributed by atoms with Gasteiger partial charge in [-0.3, -0.25) is 14.4 Å². The second-order valence-electron chi connectivity index (χ2n) is 6.60. The molecular weight excluding hydrogens is 338 g/mol. The number of rotatable bonds is 7. The summed E-state index contributed by atoms with van der Waals surface area (Å²) < 4.78 is 0. The van der Waals surface area contributed by atoms with Gasteiger partial charge in [-0.25, -0.2) is 0 Å². The molecule has 1 heterocycles. The third-order valence-electron chi connectivity index (χ3n) is 4.05. The lowest BCUT2D eigenvalue weighted by Gasteiger charge is -2.27. The van der Waals surface area contributed by atoms with Gasteiger partial charge >= 0.3 is 5.97 Å². The summed E-state index contributed by atoms with van der Waals surface area (Å²) in [4.78, 5) is 38.7. The Hall–Kier alpha value is -2.08. The summed E-state index contributed by atoms with van der Waals surface area (Å²) in [6.45, 7) is 6.39. The van der Waals surface area contributed by atoms with Crippen molar-refractivity contribution in [2.75, 3.05) is 12.8 Å². The van der Waals surface area contributed by atoms with Crippen LogP contribution in [0.3, 0.4) is 0 Å². The molecular formula is C19H23NO4S. The first-order valence-corrected chi connectivity index (χ1v) is 9.45. The highest BCUT2D eigenvalue weighted by atomic mass is 32.2. The van der Waals surface area contributed by atoms with Crippen molar-refractivity contribution < 1.29 is 19.5 Å². The van der Waals surface area contributed by atoms with E-state index < -0.39 is 17.8 Å². The van der Waals surface area contributed by atoms with Crippen LogP contribution in [0.4, 0.5) is 0 Å². The standard InChI is InChI=1S/C19H23NO4S/c1-11(2)10-20-18(24)14(9-15(21)22)16(19(20)25-4)17(23)13-7-5-12(3)6-8-13/h5-8,11,19H,9-10H2,1-4H3,(H,21,22)/t19-/m1/s1. The molecule has 0 aliphatic carbocycles. The van der Waals surface area contributed by atoms with Gasteiger partial charge < -0.3 is 10.0 Å². The van der Waals surface area contributed by atoms with Crippen LogP contribution in [0.15, 0.2) is 35.4 Å². The van der Waals surface area contributed by atoms with Gasteiger partial charge in [0.1, 0.15) is 5.37 Å². The molecule has 0 radical (unpaired) electrons. The van der Waals surface area contributed by atoms with Crippen LogP contribution in [0.25, 0.3) is 0 Å². The topological polar surface area (TPSA) is 74.7 Å². The molecule has 1 aliphatic rings. The van der Waals surface area contributed by atoms with Crippen LogP contribution >= 0.6 is 11.8 Å². The number of carboxylic acids is 1. The number of amides is 1. The van der Waals surface area contributed by atoms with Crippen LogP contribution in [0, 0.1) is 12.8 Å². The Bertz CT molecular complexity index is 721. The van der Waals surface area contributed by atoms with Crippen molar-refractivity contribution in [3.63, 3.8) is 0 Å². The molecule has 1 aliphatic heterocycles. The number of aliphatic carboxylic acids is 1. The zero-order chi connectivity index (χ0) is 18.7. The van der Waals surface area contributed by atoms with Crippen LogP contribution in [0.2, 0.25) is 0 Å². The Morgan fingerprint density at radius 2 is 1.84 bits per heavy atom. The molecule has 0 unspecified atom stereocenters. The number of Topliss-reactive ketones (excluding diaryl/α,β-unsaturated/α-hetero) is 1. The van der Waals surface area contributed by atoms with E-state index in [0.29, 0.717) is 17.7 Å². The molecule has 1 aromatic carbocycles. The first-order valence-electron chi connectivity index (χ1n) is 8.16. The van der Waals surface area contributed by atoms with Crippen molar-refractivity contribution in [3.05, 3.63) is 46.5 Å². The highest BCUT2D eigenvalue weighted by Gasteiger charge is 2.42. The molecule has 0 spiro atoms. The maximum atomic E-state index is 13.1. The fraction of sp³-hybridized carbons (Fsp3) is 0.421. The van der Waals surface area contributed by atoms with Gasteiger partial charge in [-0.15, -0.1) is 11.8 Å². The predicted molar refractivity (Wildman–Crippen MR) is 98.6 cm³/mol. The number of carbonyl (C=O) groups is 3. The molecule has 1 atom stereocenters. The largest absolute Gasteiger partial charge is 0.481 e. The number of aryl methyl sites for hydroxylation is 1. The molecule has 1 N–H and O–H groups in total. The van der Waals surface area contributed by atoms with E-state index in [-0.39, 0.29) is 23.2 Å². The van der Waals surface area contributed by atoms with Crippen LogP contribution in [-0.2, 0) is 9.59 Å². The van der Waals surface area contributed by atoms with Gasteiger partial charge in [0.15, 0.2) is 5.78 Å². The zero-order valence-corrected chi connectivity index (χ0v) is 15.7. The average Bonchev–Trinajstić information content (AvgIpc) is 2.79. The van der Waals surface area contributed by atoms with Crippen molar-refractivity contribution in [3.8, 4) is 0 Å². The third kappa shape index (κ3) is 4.12. The van der Waals surface area contributed by atoms with E-state index in [1.165, 1.54) is 11.8 Å². The molecule has 0 saturated heterocycles. The highest BCUT2D eigenvalue weighted by Crippen LogP contribution is 2.36. The Labute approximate surface area is 152 Å². The zero-order valence-electron chi connectivity index (χ0n) is 14.9. The van der Waals surface area contributed by atoms with Crippen molar-refractivity contribution >= 4 is 29.4 Å². The number of thioether (sulfide) groups is 1. The summed E-state index contributed by atoms with van der Waals surface area (Å²) >= 11 is 1.38. The Balaban J connectivity index is 2.51. The van der Waals surface area contributed by atoms with Gasteiger partial charge in [0.2, 0.25) is 0 Å². The number of hydrogen-bond donors (Lipinski definition) is 1. The van der Waals surface area contributed by atoms with E-state index in [0.717, 1.165) is 5.56 Å². The van der Waals surface area contributed by atoms with E-state index in [1.54, 1.807) is 17.0 Å². The SMILES string of the molecule is CS[C@@H]1C(C(=O)c2ccc(C)cc2)=C(CC(=O)O)C(=O)N1CC(C)C. The van der Waals surface area contributed by atoms with E-state index in [1.807, 2.05) is 39.2 Å². The lowest BCUT2D eigenvalue weighted by Crippen LogP contribution is -2.37. The van der Waals surface area contributed by atoms with Crippen molar-refractivity contribution in [2.45, 2.75) is 32.6 Å². The van der Waals surface area contributed by atoms with Crippen LogP contribution in [0.1, 0.15) is 36.2 Å². The third-order valence-corrected chi connectivity index (χ3v) is 4.98. The second-order valence-corrected chi connectivity index (χ2v) is 7.52. The molecule has 6 heteroatoms. The number of carbonyl (C=O) groups excluding carboxylic acids is 2. The van der Waals surface area contributed by atoms with Gasteiger partial charge in [-0.2, -0.15) is 0 Å². The first kappa shape index (κ1) is 19.2. The lowest BCUT2D eigenvalue weighted by atomic mass is 9.98. The number of carboxylic acid groups (broad SMARTS) is 1. The molecule has 2 rings (SSSR count). The number of nitrogens with zero attached hydrogens (tertiary/aromatic N) is 1. The van der Waals surface area contributed by atoms with Gasteiger partial charge in [-0.05, 0) is 19.1 Å². The predicted octanol–water partition coefficient (Wildman–Crippen LogP) is 3.14. The summed E-state index contributed by atoms with van der Waals surface area (Å²) in [6, 6.07) is 7.11. The Kier molecular flexibility index (Phi) is 6.06. The fourth-order valence-electron chi connectivity index (χ4n) is 2.95. The molecule has 0 fully saturated rings. The molecule has 25 heavy (non-hydrogen) atoms. The summed E-state index contributed by atoms with van der Waals surface area (Å²) in [6.07, 6.45) is 1.40. The normalized spacial score (nSPS) is 17.6. The smallest absolute Gasteiger partial charge is 0.308 e. The van der Waals surface area contributed by atoms with Crippen molar-refractivity contribution in [2.24, 2.45) is 5.92 Å². The molecule has 1 aromatic rings. The minimum Gasteiger partial charge on any atom is -0.481 e. The molecule has 0 bridgehead atoms. The molecule has 0 saturated carbocycles.